The number of hydrogen-bond acceptors (Lipinski definition) is 5. The van der Waals surface area contributed by atoms with Crippen molar-refractivity contribution in [2.75, 3.05) is 20.5 Å². The summed E-state index contributed by atoms with van der Waals surface area (Å²) in [5.74, 6) is 0. The molecule has 1 aliphatic rings. The Balaban J connectivity index is 1.74. The number of methoxy groups -OCH3 is 1. The first-order valence-electron chi connectivity index (χ1n) is 18.0. The summed E-state index contributed by atoms with van der Waals surface area (Å²) < 4.78 is 25.3. The normalized spacial score (nSPS) is 18.7. The Morgan fingerprint density at radius 1 is 0.733 bits per heavy atom. The van der Waals surface area contributed by atoms with Gasteiger partial charge in [-0.15, -0.1) is 0 Å². The van der Waals surface area contributed by atoms with E-state index in [0.29, 0.717) is 0 Å². The number of ether oxygens (including phenoxy) is 3. The third kappa shape index (κ3) is 11.6. The van der Waals surface area contributed by atoms with Crippen LogP contribution in [0, 0.1) is 0 Å². The number of aliphatic hydroxyl groups is 1. The van der Waals surface area contributed by atoms with Crippen LogP contribution in [0.1, 0.15) is 124 Å². The molecule has 45 heavy (non-hydrogen) atoms. The lowest BCUT2D eigenvalue weighted by molar-refractivity contribution is -0.146. The van der Waals surface area contributed by atoms with Crippen LogP contribution in [0.4, 0.5) is 0 Å². The number of rotatable bonds is 23. The number of unbranched alkanes of at least 4 members (excludes halogenated alkanes) is 11. The maximum atomic E-state index is 10.1. The van der Waals surface area contributed by atoms with Crippen LogP contribution in [0.5, 0.6) is 0 Å². The summed E-state index contributed by atoms with van der Waals surface area (Å²) in [6.07, 6.45) is 18.1. The average Bonchev–Trinajstić information content (AvgIpc) is 3.54. The van der Waals surface area contributed by atoms with Crippen molar-refractivity contribution in [3.05, 3.63) is 60.7 Å². The molecule has 1 fully saturated rings. The fraction of sp³-hybridized carbons (Fsp3) is 0.692. The molecule has 2 aromatic carbocycles. The Hall–Kier alpha value is -1.54. The van der Waals surface area contributed by atoms with Gasteiger partial charge in [0.25, 0.3) is 8.32 Å². The fourth-order valence-corrected chi connectivity index (χ4v) is 11.8. The Kier molecular flexibility index (Phi) is 17.4. The van der Waals surface area contributed by atoms with E-state index in [2.05, 4.69) is 88.4 Å². The van der Waals surface area contributed by atoms with Gasteiger partial charge < -0.3 is 23.7 Å². The second-order valence-corrected chi connectivity index (χ2v) is 18.3. The molecule has 0 saturated carbocycles. The Morgan fingerprint density at radius 2 is 1.20 bits per heavy atom. The standard InChI is InChI=1S/C39H64O5Si/c1-6-7-8-9-10-11-12-13-14-15-16-23-28-37(35-29-30-36(43-35)38(31-40)42-32-41-5)44-45(39(2,3)4,33-24-19-17-20-25-33)34-26-21-18-22-27-34/h17-22,24-27,35-38,40H,6-16,23,28-32H2,1-5H3/t35-,36-,37-,38+/m1/s1. The molecule has 1 N–H and O–H groups in total. The van der Waals surface area contributed by atoms with E-state index in [4.69, 9.17) is 18.6 Å². The van der Waals surface area contributed by atoms with Gasteiger partial charge in [0.05, 0.1) is 24.9 Å². The van der Waals surface area contributed by atoms with Gasteiger partial charge in [-0.25, -0.2) is 0 Å². The first-order chi connectivity index (χ1) is 21.9. The summed E-state index contributed by atoms with van der Waals surface area (Å²) >= 11 is 0. The Bertz CT molecular complexity index is 972. The van der Waals surface area contributed by atoms with Crippen molar-refractivity contribution in [1.82, 2.24) is 0 Å². The second-order valence-electron chi connectivity index (χ2n) is 14.1. The first-order valence-corrected chi connectivity index (χ1v) is 19.9. The molecule has 4 atom stereocenters. The minimum Gasteiger partial charge on any atom is -0.402 e. The van der Waals surface area contributed by atoms with Crippen molar-refractivity contribution in [2.24, 2.45) is 0 Å². The lowest BCUT2D eigenvalue weighted by atomic mass is 10.0. The highest BCUT2D eigenvalue weighted by Crippen LogP contribution is 2.40. The lowest BCUT2D eigenvalue weighted by Gasteiger charge is -2.46. The lowest BCUT2D eigenvalue weighted by Crippen LogP contribution is -2.68. The van der Waals surface area contributed by atoms with Crippen molar-refractivity contribution in [1.29, 1.82) is 0 Å². The van der Waals surface area contributed by atoms with Crippen LogP contribution in [0.15, 0.2) is 60.7 Å². The predicted molar refractivity (Wildman–Crippen MR) is 190 cm³/mol. The van der Waals surface area contributed by atoms with Crippen molar-refractivity contribution < 1.29 is 23.7 Å². The fourth-order valence-electron chi connectivity index (χ4n) is 7.09. The van der Waals surface area contributed by atoms with E-state index < -0.39 is 14.4 Å². The molecule has 0 radical (unpaired) electrons. The molecule has 0 aliphatic carbocycles. The molecule has 0 aromatic heterocycles. The first kappa shape index (κ1) is 37.9. The van der Waals surface area contributed by atoms with Crippen molar-refractivity contribution >= 4 is 18.7 Å². The predicted octanol–water partition coefficient (Wildman–Crippen LogP) is 8.55. The summed E-state index contributed by atoms with van der Waals surface area (Å²) in [6, 6.07) is 21.9. The molecular formula is C39H64O5Si. The molecule has 0 spiro atoms. The average molecular weight is 641 g/mol. The van der Waals surface area contributed by atoms with Gasteiger partial charge in [-0.1, -0.05) is 165 Å². The smallest absolute Gasteiger partial charge is 0.261 e. The molecule has 6 heteroatoms. The van der Waals surface area contributed by atoms with Crippen LogP contribution >= 0.6 is 0 Å². The largest absolute Gasteiger partial charge is 0.402 e. The van der Waals surface area contributed by atoms with E-state index in [-0.39, 0.29) is 36.7 Å². The molecule has 254 valence electrons. The number of benzene rings is 2. The van der Waals surface area contributed by atoms with Crippen LogP contribution in [0.3, 0.4) is 0 Å². The van der Waals surface area contributed by atoms with Crippen LogP contribution < -0.4 is 10.4 Å². The second kappa shape index (κ2) is 20.6. The van der Waals surface area contributed by atoms with Crippen LogP contribution in [-0.2, 0) is 18.6 Å². The van der Waals surface area contributed by atoms with Crippen LogP contribution in [-0.4, -0.2) is 58.3 Å². The number of hydrogen-bond donors (Lipinski definition) is 1. The zero-order valence-electron chi connectivity index (χ0n) is 29.2. The molecule has 1 saturated heterocycles. The van der Waals surface area contributed by atoms with Crippen molar-refractivity contribution in [3.63, 3.8) is 0 Å². The van der Waals surface area contributed by atoms with Gasteiger partial charge in [-0.3, -0.25) is 0 Å². The highest BCUT2D eigenvalue weighted by atomic mass is 28.4. The minimum atomic E-state index is -2.74. The van der Waals surface area contributed by atoms with Gasteiger partial charge in [0.15, 0.2) is 0 Å². The molecule has 3 rings (SSSR count). The van der Waals surface area contributed by atoms with E-state index in [0.717, 1.165) is 25.7 Å². The Morgan fingerprint density at radius 3 is 1.64 bits per heavy atom. The quantitative estimate of drug-likeness (QED) is 0.0750. The monoisotopic (exact) mass is 640 g/mol. The van der Waals surface area contributed by atoms with E-state index in [1.165, 1.54) is 81.0 Å². The zero-order chi connectivity index (χ0) is 32.4. The molecular weight excluding hydrogens is 577 g/mol. The third-order valence-electron chi connectivity index (χ3n) is 9.58. The molecule has 5 nitrogen and oxygen atoms in total. The molecule has 1 aliphatic heterocycles. The summed E-state index contributed by atoms with van der Waals surface area (Å²) in [5.41, 5.74) is 0. The van der Waals surface area contributed by atoms with Crippen LogP contribution in [0.25, 0.3) is 0 Å². The van der Waals surface area contributed by atoms with Gasteiger partial charge in [0.1, 0.15) is 12.9 Å². The highest BCUT2D eigenvalue weighted by Gasteiger charge is 2.52. The topological polar surface area (TPSA) is 57.2 Å². The molecule has 2 aromatic rings. The molecule has 1 heterocycles. The number of aliphatic hydroxyl groups excluding tert-OH is 1. The minimum absolute atomic E-state index is 0.0359. The van der Waals surface area contributed by atoms with Gasteiger partial charge in [0.2, 0.25) is 0 Å². The SMILES string of the molecule is CCCCCCCCCCCCCC[C@@H](O[Si](c1ccccc1)(c1ccccc1)C(C)(C)C)[C@H]1CC[C@H]([C@H](CO)OCOC)O1. The van der Waals surface area contributed by atoms with Crippen molar-refractivity contribution in [2.45, 2.75) is 153 Å². The summed E-state index contributed by atoms with van der Waals surface area (Å²) in [5, 5.41) is 12.6. The van der Waals surface area contributed by atoms with E-state index >= 15 is 0 Å². The van der Waals surface area contributed by atoms with Gasteiger partial charge in [-0.05, 0) is 34.7 Å². The van der Waals surface area contributed by atoms with E-state index in [1.807, 2.05) is 0 Å². The maximum Gasteiger partial charge on any atom is 0.261 e. The Labute approximate surface area is 276 Å². The van der Waals surface area contributed by atoms with Crippen LogP contribution in [0.2, 0.25) is 5.04 Å². The van der Waals surface area contributed by atoms with Gasteiger partial charge in [0, 0.05) is 7.11 Å². The molecule has 0 amide bonds. The van der Waals surface area contributed by atoms with Gasteiger partial charge >= 0.3 is 0 Å². The summed E-state index contributed by atoms with van der Waals surface area (Å²) in [6.45, 7) is 9.39. The van der Waals surface area contributed by atoms with Crippen molar-refractivity contribution in [3.8, 4) is 0 Å². The third-order valence-corrected chi connectivity index (χ3v) is 14.6. The summed E-state index contributed by atoms with van der Waals surface area (Å²) in [7, 11) is -1.14. The van der Waals surface area contributed by atoms with E-state index in [9.17, 15) is 5.11 Å². The maximum absolute atomic E-state index is 10.1. The van der Waals surface area contributed by atoms with E-state index in [1.54, 1.807) is 7.11 Å². The zero-order valence-corrected chi connectivity index (χ0v) is 30.2. The van der Waals surface area contributed by atoms with Gasteiger partial charge in [-0.2, -0.15) is 0 Å². The highest BCUT2D eigenvalue weighted by molar-refractivity contribution is 6.99. The molecule has 0 bridgehead atoms. The molecule has 0 unspecified atom stereocenters. The summed E-state index contributed by atoms with van der Waals surface area (Å²) in [4.78, 5) is 0.